The van der Waals surface area contributed by atoms with E-state index in [0.717, 1.165) is 5.56 Å². The topological polar surface area (TPSA) is 25.8 Å². The van der Waals surface area contributed by atoms with Gasteiger partial charge in [0.15, 0.2) is 0 Å². The van der Waals surface area contributed by atoms with E-state index in [1.807, 2.05) is 6.92 Å². The van der Waals surface area contributed by atoms with E-state index in [1.165, 1.54) is 6.07 Å². The Morgan fingerprint density at radius 1 is 1.21 bits per heavy atom. The summed E-state index contributed by atoms with van der Waals surface area (Å²) in [5, 5.41) is 0.904. The van der Waals surface area contributed by atoms with Crippen LogP contribution in [0.5, 0.6) is 0 Å². The highest BCUT2D eigenvalue weighted by Crippen LogP contribution is 2.25. The maximum Gasteiger partial charge on any atom is 0.149 e. The van der Waals surface area contributed by atoms with Crippen LogP contribution in [0.3, 0.4) is 0 Å². The van der Waals surface area contributed by atoms with Crippen molar-refractivity contribution in [2.24, 2.45) is 0 Å². The average molecular weight is 211 g/mol. The minimum absolute atomic E-state index is 0.294. The van der Waals surface area contributed by atoms with Crippen LogP contribution in [-0.4, -0.2) is 9.97 Å². The fourth-order valence-corrected chi connectivity index (χ4v) is 1.78. The van der Waals surface area contributed by atoms with Crippen molar-refractivity contribution in [3.05, 3.63) is 34.5 Å². The standard InChI is InChI=1S/C10H8ClFN2/c1-5-3-4-7(12)9-8(5)10(11)14-6(2)13-9/h3-4H,1-2H3. The molecule has 1 aromatic heterocycles. The lowest BCUT2D eigenvalue weighted by Gasteiger charge is -2.04. The molecule has 0 saturated carbocycles. The summed E-state index contributed by atoms with van der Waals surface area (Å²) in [6.07, 6.45) is 0. The van der Waals surface area contributed by atoms with Gasteiger partial charge in [0.2, 0.25) is 0 Å². The van der Waals surface area contributed by atoms with Crippen molar-refractivity contribution in [3.63, 3.8) is 0 Å². The van der Waals surface area contributed by atoms with Crippen LogP contribution in [-0.2, 0) is 0 Å². The SMILES string of the molecule is Cc1nc(Cl)c2c(C)ccc(F)c2n1. The number of nitrogens with zero attached hydrogens (tertiary/aromatic N) is 2. The zero-order chi connectivity index (χ0) is 10.3. The summed E-state index contributed by atoms with van der Waals surface area (Å²) in [7, 11) is 0. The zero-order valence-corrected chi connectivity index (χ0v) is 8.56. The van der Waals surface area contributed by atoms with Gasteiger partial charge in [-0.15, -0.1) is 0 Å². The molecule has 0 N–H and O–H groups in total. The molecular formula is C10H8ClFN2. The molecule has 0 fully saturated rings. The number of aryl methyl sites for hydroxylation is 2. The molecule has 0 aliphatic heterocycles. The van der Waals surface area contributed by atoms with Crippen LogP contribution in [0.25, 0.3) is 10.9 Å². The Balaban J connectivity index is 3.00. The highest BCUT2D eigenvalue weighted by atomic mass is 35.5. The number of rotatable bonds is 0. The highest BCUT2D eigenvalue weighted by molar-refractivity contribution is 6.34. The van der Waals surface area contributed by atoms with Gasteiger partial charge >= 0.3 is 0 Å². The molecule has 0 aliphatic rings. The predicted molar refractivity (Wildman–Crippen MR) is 54.0 cm³/mol. The summed E-state index contributed by atoms with van der Waals surface area (Å²) in [5.41, 5.74) is 1.17. The van der Waals surface area contributed by atoms with Crippen molar-refractivity contribution in [1.29, 1.82) is 0 Å². The maximum absolute atomic E-state index is 13.4. The molecule has 14 heavy (non-hydrogen) atoms. The summed E-state index contributed by atoms with van der Waals surface area (Å²) >= 11 is 5.92. The molecule has 0 aliphatic carbocycles. The van der Waals surface area contributed by atoms with Gasteiger partial charge in [0.05, 0.1) is 0 Å². The minimum Gasteiger partial charge on any atom is -0.230 e. The quantitative estimate of drug-likeness (QED) is 0.625. The van der Waals surface area contributed by atoms with Gasteiger partial charge in [-0.3, -0.25) is 0 Å². The van der Waals surface area contributed by atoms with Crippen LogP contribution in [0.15, 0.2) is 12.1 Å². The first-order chi connectivity index (χ1) is 6.59. The van der Waals surface area contributed by atoms with Crippen LogP contribution in [0, 0.1) is 19.7 Å². The van der Waals surface area contributed by atoms with Crippen molar-refractivity contribution >= 4 is 22.5 Å². The van der Waals surface area contributed by atoms with E-state index >= 15 is 0 Å². The van der Waals surface area contributed by atoms with Gasteiger partial charge in [-0.05, 0) is 25.5 Å². The molecule has 0 spiro atoms. The number of halogens is 2. The molecule has 0 radical (unpaired) electrons. The van der Waals surface area contributed by atoms with E-state index in [4.69, 9.17) is 11.6 Å². The Morgan fingerprint density at radius 2 is 1.93 bits per heavy atom. The van der Waals surface area contributed by atoms with E-state index in [9.17, 15) is 4.39 Å². The van der Waals surface area contributed by atoms with Crippen molar-refractivity contribution in [2.45, 2.75) is 13.8 Å². The van der Waals surface area contributed by atoms with Crippen LogP contribution >= 0.6 is 11.6 Å². The molecule has 4 heteroatoms. The van der Waals surface area contributed by atoms with E-state index in [0.29, 0.717) is 21.9 Å². The fourth-order valence-electron chi connectivity index (χ4n) is 1.42. The van der Waals surface area contributed by atoms with Gasteiger partial charge in [-0.1, -0.05) is 17.7 Å². The Hall–Kier alpha value is -1.22. The number of aromatic nitrogens is 2. The third-order valence-electron chi connectivity index (χ3n) is 2.08. The number of hydrogen-bond donors (Lipinski definition) is 0. The van der Waals surface area contributed by atoms with E-state index in [-0.39, 0.29) is 5.82 Å². The van der Waals surface area contributed by atoms with E-state index in [1.54, 1.807) is 13.0 Å². The summed E-state index contributed by atoms with van der Waals surface area (Å²) in [4.78, 5) is 8.02. The van der Waals surface area contributed by atoms with Crippen LogP contribution in [0.2, 0.25) is 5.15 Å². The Morgan fingerprint density at radius 3 is 2.64 bits per heavy atom. The van der Waals surface area contributed by atoms with Crippen molar-refractivity contribution in [2.75, 3.05) is 0 Å². The number of hydrogen-bond acceptors (Lipinski definition) is 2. The molecule has 0 bridgehead atoms. The Bertz CT molecular complexity index is 511. The Kier molecular flexibility index (Phi) is 2.11. The molecular weight excluding hydrogens is 203 g/mol. The third kappa shape index (κ3) is 1.34. The smallest absolute Gasteiger partial charge is 0.149 e. The molecule has 2 aromatic rings. The molecule has 0 atom stereocenters. The maximum atomic E-state index is 13.4. The van der Waals surface area contributed by atoms with Crippen LogP contribution < -0.4 is 0 Å². The number of benzene rings is 1. The molecule has 1 aromatic carbocycles. The molecule has 0 saturated heterocycles. The molecule has 2 nitrogen and oxygen atoms in total. The molecule has 1 heterocycles. The van der Waals surface area contributed by atoms with Crippen molar-refractivity contribution in [1.82, 2.24) is 9.97 Å². The second-order valence-electron chi connectivity index (χ2n) is 3.15. The van der Waals surface area contributed by atoms with E-state index in [2.05, 4.69) is 9.97 Å². The lowest BCUT2D eigenvalue weighted by molar-refractivity contribution is 0.635. The van der Waals surface area contributed by atoms with Gasteiger partial charge in [0, 0.05) is 5.39 Å². The third-order valence-corrected chi connectivity index (χ3v) is 2.35. The van der Waals surface area contributed by atoms with Gasteiger partial charge in [0.1, 0.15) is 22.3 Å². The van der Waals surface area contributed by atoms with Gasteiger partial charge in [0.25, 0.3) is 0 Å². The lowest BCUT2D eigenvalue weighted by atomic mass is 10.1. The monoisotopic (exact) mass is 210 g/mol. The summed E-state index contributed by atoms with van der Waals surface area (Å²) in [5.74, 6) is 0.116. The highest BCUT2D eigenvalue weighted by Gasteiger charge is 2.10. The van der Waals surface area contributed by atoms with Crippen LogP contribution in [0.4, 0.5) is 4.39 Å². The second-order valence-corrected chi connectivity index (χ2v) is 3.51. The largest absolute Gasteiger partial charge is 0.230 e. The van der Waals surface area contributed by atoms with Crippen molar-refractivity contribution in [3.8, 4) is 0 Å². The molecule has 72 valence electrons. The first-order valence-corrected chi connectivity index (χ1v) is 4.56. The fraction of sp³-hybridized carbons (Fsp3) is 0.200. The lowest BCUT2D eigenvalue weighted by Crippen LogP contribution is -1.94. The van der Waals surface area contributed by atoms with Gasteiger partial charge in [-0.2, -0.15) is 0 Å². The van der Waals surface area contributed by atoms with Gasteiger partial charge in [-0.25, -0.2) is 14.4 Å². The Labute approximate surface area is 85.8 Å². The molecule has 0 amide bonds. The van der Waals surface area contributed by atoms with Crippen molar-refractivity contribution < 1.29 is 4.39 Å². The van der Waals surface area contributed by atoms with Crippen LogP contribution in [0.1, 0.15) is 11.4 Å². The first-order valence-electron chi connectivity index (χ1n) is 4.18. The zero-order valence-electron chi connectivity index (χ0n) is 7.81. The summed E-state index contributed by atoms with van der Waals surface area (Å²) < 4.78 is 13.4. The predicted octanol–water partition coefficient (Wildman–Crippen LogP) is 3.04. The first kappa shape index (κ1) is 9.34. The summed E-state index contributed by atoms with van der Waals surface area (Å²) in [6.45, 7) is 3.54. The average Bonchev–Trinajstić information content (AvgIpc) is 2.10. The molecule has 2 rings (SSSR count). The minimum atomic E-state index is -0.363. The second kappa shape index (κ2) is 3.17. The number of fused-ring (bicyclic) bond motifs is 1. The molecule has 0 unspecified atom stereocenters. The van der Waals surface area contributed by atoms with E-state index < -0.39 is 0 Å². The normalized spacial score (nSPS) is 10.9. The summed E-state index contributed by atoms with van der Waals surface area (Å²) in [6, 6.07) is 3.06. The van der Waals surface area contributed by atoms with Gasteiger partial charge < -0.3 is 0 Å².